The summed E-state index contributed by atoms with van der Waals surface area (Å²) >= 11 is 0. The van der Waals surface area contributed by atoms with Crippen LogP contribution in [0.1, 0.15) is 5.69 Å². The molecule has 2 heterocycles. The lowest BCUT2D eigenvalue weighted by molar-refractivity contribution is -0.193. The summed E-state index contributed by atoms with van der Waals surface area (Å²) in [7, 11) is 2.94. The van der Waals surface area contributed by atoms with Crippen LogP contribution in [0, 0.1) is 5.41 Å². The molecule has 98 valence electrons. The van der Waals surface area contributed by atoms with Crippen molar-refractivity contribution in [3.05, 3.63) is 24.0 Å². The molecule has 1 aromatic heterocycles. The molecule has 1 saturated heterocycles. The maximum Gasteiger partial charge on any atom is 0.326 e. The fourth-order valence-corrected chi connectivity index (χ4v) is 1.99. The first-order valence-corrected chi connectivity index (χ1v) is 5.64. The molecular weight excluding hydrogens is 236 g/mol. The second kappa shape index (κ2) is 4.81. The summed E-state index contributed by atoms with van der Waals surface area (Å²) < 4.78 is 9.70. The summed E-state index contributed by atoms with van der Waals surface area (Å²) in [5.74, 6) is -0.799. The van der Waals surface area contributed by atoms with E-state index < -0.39 is 11.4 Å². The van der Waals surface area contributed by atoms with Gasteiger partial charge in [-0.1, -0.05) is 0 Å². The number of rotatable bonds is 4. The Bertz CT molecular complexity index is 437. The van der Waals surface area contributed by atoms with Gasteiger partial charge in [0.25, 0.3) is 0 Å². The fourth-order valence-electron chi connectivity index (χ4n) is 1.99. The number of hydrogen-bond donors (Lipinski definition) is 1. The number of amides is 1. The minimum Gasteiger partial charge on any atom is -0.468 e. The smallest absolute Gasteiger partial charge is 0.326 e. The van der Waals surface area contributed by atoms with E-state index in [1.54, 1.807) is 13.2 Å². The molecule has 6 heteroatoms. The lowest BCUT2D eigenvalue weighted by atomic mass is 9.84. The molecule has 18 heavy (non-hydrogen) atoms. The highest BCUT2D eigenvalue weighted by molar-refractivity contribution is 6.03. The lowest BCUT2D eigenvalue weighted by Gasteiger charge is -2.39. The number of esters is 1. The largest absolute Gasteiger partial charge is 0.468 e. The Labute approximate surface area is 105 Å². The predicted octanol–water partition coefficient (Wildman–Crippen LogP) is 0.163. The zero-order valence-corrected chi connectivity index (χ0v) is 10.4. The summed E-state index contributed by atoms with van der Waals surface area (Å²) in [4.78, 5) is 28.5. The molecule has 1 N–H and O–H groups in total. The first-order valence-electron chi connectivity index (χ1n) is 5.64. The highest BCUT2D eigenvalue weighted by Crippen LogP contribution is 2.31. The normalized spacial score (nSPS) is 16.8. The van der Waals surface area contributed by atoms with E-state index in [1.807, 2.05) is 12.1 Å². The van der Waals surface area contributed by atoms with Crippen molar-refractivity contribution in [2.45, 2.75) is 6.54 Å². The van der Waals surface area contributed by atoms with E-state index in [4.69, 9.17) is 4.74 Å². The number of hydrogen-bond acceptors (Lipinski definition) is 4. The van der Waals surface area contributed by atoms with Crippen molar-refractivity contribution in [2.24, 2.45) is 5.41 Å². The van der Waals surface area contributed by atoms with Gasteiger partial charge in [-0.3, -0.25) is 9.59 Å². The van der Waals surface area contributed by atoms with Gasteiger partial charge in [0.1, 0.15) is 0 Å². The Balaban J connectivity index is 2.07. The Kier molecular flexibility index (Phi) is 3.38. The molecule has 0 aliphatic carbocycles. The van der Waals surface area contributed by atoms with Crippen molar-refractivity contribution in [3.8, 4) is 0 Å². The van der Waals surface area contributed by atoms with Crippen molar-refractivity contribution in [3.63, 3.8) is 0 Å². The number of methoxy groups -OCH3 is 1. The number of ether oxygens (including phenoxy) is 2. The van der Waals surface area contributed by atoms with Crippen LogP contribution >= 0.6 is 0 Å². The molecule has 1 aliphatic rings. The topological polar surface area (TPSA) is 71.6 Å². The molecule has 2 rings (SSSR count). The standard InChI is InChI=1S/C12H16N2O4/c1-14(6-9-4-3-5-13-9)10(15)12(7-18-8-12)11(16)17-2/h3-5,13H,6-8H2,1-2H3. The van der Waals surface area contributed by atoms with Gasteiger partial charge in [-0.25, -0.2) is 0 Å². The van der Waals surface area contributed by atoms with Gasteiger partial charge in [0.05, 0.1) is 26.9 Å². The summed E-state index contributed by atoms with van der Waals surface area (Å²) in [6, 6.07) is 3.74. The van der Waals surface area contributed by atoms with Gasteiger partial charge < -0.3 is 19.4 Å². The molecule has 0 bridgehead atoms. The van der Waals surface area contributed by atoms with Crippen molar-refractivity contribution < 1.29 is 19.1 Å². The van der Waals surface area contributed by atoms with Crippen molar-refractivity contribution in [2.75, 3.05) is 27.4 Å². The Morgan fingerprint density at radius 1 is 1.56 bits per heavy atom. The van der Waals surface area contributed by atoms with Crippen LogP contribution in [0.15, 0.2) is 18.3 Å². The number of nitrogens with zero attached hydrogens (tertiary/aromatic N) is 1. The van der Waals surface area contributed by atoms with Gasteiger partial charge in [-0.2, -0.15) is 0 Å². The van der Waals surface area contributed by atoms with E-state index in [0.717, 1.165) is 5.69 Å². The molecule has 1 fully saturated rings. The van der Waals surface area contributed by atoms with Gasteiger partial charge in [-0.05, 0) is 12.1 Å². The third-order valence-electron chi connectivity index (χ3n) is 3.10. The Hall–Kier alpha value is -1.82. The molecule has 1 aromatic rings. The molecule has 0 unspecified atom stereocenters. The monoisotopic (exact) mass is 252 g/mol. The number of H-pyrrole nitrogens is 1. The molecule has 0 aromatic carbocycles. The predicted molar refractivity (Wildman–Crippen MR) is 62.5 cm³/mol. The maximum atomic E-state index is 12.3. The quantitative estimate of drug-likeness (QED) is 0.612. The highest BCUT2D eigenvalue weighted by atomic mass is 16.5. The second-order valence-electron chi connectivity index (χ2n) is 4.42. The number of aromatic nitrogens is 1. The van der Waals surface area contributed by atoms with Crippen LogP contribution < -0.4 is 0 Å². The second-order valence-corrected chi connectivity index (χ2v) is 4.42. The lowest BCUT2D eigenvalue weighted by Crippen LogP contribution is -2.59. The van der Waals surface area contributed by atoms with Gasteiger partial charge in [0, 0.05) is 18.9 Å². The molecule has 0 spiro atoms. The fraction of sp³-hybridized carbons (Fsp3) is 0.500. The first kappa shape index (κ1) is 12.6. The number of nitrogens with one attached hydrogen (secondary N) is 1. The Morgan fingerprint density at radius 3 is 2.72 bits per heavy atom. The SMILES string of the molecule is COC(=O)C1(C(=O)N(C)Cc2ccc[nH]2)COC1. The van der Waals surface area contributed by atoms with Crippen molar-refractivity contribution in [1.29, 1.82) is 0 Å². The van der Waals surface area contributed by atoms with E-state index in [2.05, 4.69) is 9.72 Å². The number of aromatic amines is 1. The van der Waals surface area contributed by atoms with E-state index in [9.17, 15) is 9.59 Å². The molecule has 6 nitrogen and oxygen atoms in total. The van der Waals surface area contributed by atoms with Gasteiger partial charge in [0.2, 0.25) is 5.91 Å². The van der Waals surface area contributed by atoms with E-state index >= 15 is 0 Å². The van der Waals surface area contributed by atoms with Crippen LogP contribution in [0.4, 0.5) is 0 Å². The zero-order valence-electron chi connectivity index (χ0n) is 10.4. The number of carbonyl (C=O) groups is 2. The van der Waals surface area contributed by atoms with Crippen LogP contribution in [-0.2, 0) is 25.6 Å². The average molecular weight is 252 g/mol. The third kappa shape index (κ3) is 1.99. The zero-order chi connectivity index (χ0) is 13.2. The van der Waals surface area contributed by atoms with E-state index in [0.29, 0.717) is 6.54 Å². The van der Waals surface area contributed by atoms with Gasteiger partial charge >= 0.3 is 5.97 Å². The maximum absolute atomic E-state index is 12.3. The molecular formula is C12H16N2O4. The summed E-state index contributed by atoms with van der Waals surface area (Å²) in [5, 5.41) is 0. The molecule has 0 radical (unpaired) electrons. The minimum absolute atomic E-state index is 0.0908. The van der Waals surface area contributed by atoms with E-state index in [1.165, 1.54) is 12.0 Å². The average Bonchev–Trinajstić information content (AvgIpc) is 2.79. The number of carbonyl (C=O) groups excluding carboxylic acids is 2. The molecule has 0 atom stereocenters. The summed E-state index contributed by atoms with van der Waals surface area (Å²) in [6.07, 6.45) is 1.79. The third-order valence-corrected chi connectivity index (χ3v) is 3.10. The van der Waals surface area contributed by atoms with Crippen molar-refractivity contribution >= 4 is 11.9 Å². The van der Waals surface area contributed by atoms with Crippen LogP contribution in [0.5, 0.6) is 0 Å². The van der Waals surface area contributed by atoms with Crippen LogP contribution in [-0.4, -0.2) is 49.1 Å². The van der Waals surface area contributed by atoms with Crippen LogP contribution in [0.25, 0.3) is 0 Å². The van der Waals surface area contributed by atoms with Gasteiger partial charge in [-0.15, -0.1) is 0 Å². The summed E-state index contributed by atoms with van der Waals surface area (Å²) in [5.41, 5.74) is -0.248. The van der Waals surface area contributed by atoms with Crippen molar-refractivity contribution in [1.82, 2.24) is 9.88 Å². The van der Waals surface area contributed by atoms with Crippen LogP contribution in [0.3, 0.4) is 0 Å². The molecule has 0 saturated carbocycles. The highest BCUT2D eigenvalue weighted by Gasteiger charge is 2.55. The van der Waals surface area contributed by atoms with Gasteiger partial charge in [0.15, 0.2) is 5.41 Å². The molecule has 1 aliphatic heterocycles. The Morgan fingerprint density at radius 2 is 2.28 bits per heavy atom. The summed E-state index contributed by atoms with van der Waals surface area (Å²) in [6.45, 7) is 0.603. The molecule has 1 amide bonds. The minimum atomic E-state index is -1.16. The van der Waals surface area contributed by atoms with E-state index in [-0.39, 0.29) is 19.1 Å². The first-order chi connectivity index (χ1) is 8.60. The van der Waals surface area contributed by atoms with Crippen LogP contribution in [0.2, 0.25) is 0 Å².